The highest BCUT2D eigenvalue weighted by atomic mass is 32.1. The fourth-order valence-corrected chi connectivity index (χ4v) is 6.82. The van der Waals surface area contributed by atoms with Crippen LogP contribution in [0.5, 0.6) is 11.5 Å². The number of ether oxygens (including phenoxy) is 2. The molecule has 2 aliphatic carbocycles. The molecular weight excluding hydrogens is 590 g/mol. The molecule has 2 amide bonds. The zero-order valence-electron chi connectivity index (χ0n) is 25.2. The van der Waals surface area contributed by atoms with Crippen LogP contribution >= 0.6 is 11.3 Å². The average Bonchev–Trinajstić information content (AvgIpc) is 3.97. The molecule has 2 aliphatic rings. The van der Waals surface area contributed by atoms with Crippen LogP contribution in [0.1, 0.15) is 60.3 Å². The lowest BCUT2D eigenvalue weighted by molar-refractivity contribution is -0.117. The summed E-state index contributed by atoms with van der Waals surface area (Å²) in [5.41, 5.74) is 7.54. The van der Waals surface area contributed by atoms with Crippen LogP contribution in [-0.4, -0.2) is 51.9 Å². The van der Waals surface area contributed by atoms with Gasteiger partial charge in [0, 0.05) is 33.0 Å². The van der Waals surface area contributed by atoms with Gasteiger partial charge in [0.15, 0.2) is 0 Å². The number of hydrogen-bond acceptors (Lipinski definition) is 8. The number of benzene rings is 2. The van der Waals surface area contributed by atoms with E-state index in [-0.39, 0.29) is 24.8 Å². The summed E-state index contributed by atoms with van der Waals surface area (Å²) < 4.78 is 14.7. The SMILES string of the molecule is CCOc1c(CC(N)=O)cc([C@@](O)(CNC(=O)c2cc(OC)c3nn(C4CC4)cc3c2)C2CC2)nc1-c1ccc2ccsc2c1. The van der Waals surface area contributed by atoms with Crippen molar-refractivity contribution in [2.45, 2.75) is 50.7 Å². The second kappa shape index (κ2) is 11.5. The van der Waals surface area contributed by atoms with Crippen LogP contribution in [0.15, 0.2) is 54.0 Å². The van der Waals surface area contributed by atoms with Gasteiger partial charge in [-0.25, -0.2) is 4.98 Å². The maximum atomic E-state index is 13.6. The molecule has 0 spiro atoms. The molecule has 3 heterocycles. The molecule has 2 aromatic carbocycles. The summed E-state index contributed by atoms with van der Waals surface area (Å²) in [4.78, 5) is 30.7. The number of carbonyl (C=O) groups is 2. The van der Waals surface area contributed by atoms with Gasteiger partial charge in [-0.1, -0.05) is 12.1 Å². The van der Waals surface area contributed by atoms with Gasteiger partial charge in [0.05, 0.1) is 38.4 Å². The first kappa shape index (κ1) is 29.2. The van der Waals surface area contributed by atoms with E-state index in [4.69, 9.17) is 20.2 Å². The minimum Gasteiger partial charge on any atom is -0.494 e. The largest absolute Gasteiger partial charge is 0.494 e. The lowest BCUT2D eigenvalue weighted by Crippen LogP contribution is -2.43. The molecule has 11 heteroatoms. The zero-order valence-corrected chi connectivity index (χ0v) is 26.0. The topological polar surface area (TPSA) is 142 Å². The van der Waals surface area contributed by atoms with E-state index in [0.717, 1.165) is 46.7 Å². The first-order chi connectivity index (χ1) is 21.8. The van der Waals surface area contributed by atoms with Gasteiger partial charge in [-0.2, -0.15) is 5.10 Å². The molecule has 0 aliphatic heterocycles. The third kappa shape index (κ3) is 5.62. The Kier molecular flexibility index (Phi) is 7.45. The van der Waals surface area contributed by atoms with Crippen molar-refractivity contribution in [2.24, 2.45) is 11.7 Å². The number of carbonyl (C=O) groups excluding carboxylic acids is 2. The number of pyridine rings is 1. The number of thiophene rings is 1. The molecular formula is C34H35N5O5S. The van der Waals surface area contributed by atoms with E-state index in [1.54, 1.807) is 36.6 Å². The minimum absolute atomic E-state index is 0.0709. The first-order valence-corrected chi connectivity index (χ1v) is 16.2. The fourth-order valence-electron chi connectivity index (χ4n) is 5.99. The normalized spacial score (nSPS) is 16.1. The monoisotopic (exact) mass is 625 g/mol. The molecule has 232 valence electrons. The summed E-state index contributed by atoms with van der Waals surface area (Å²) in [5, 5.41) is 23.9. The number of nitrogens with zero attached hydrogens (tertiary/aromatic N) is 3. The number of hydrogen-bond donors (Lipinski definition) is 3. The molecule has 0 radical (unpaired) electrons. The molecule has 45 heavy (non-hydrogen) atoms. The van der Waals surface area contributed by atoms with Crippen molar-refractivity contribution in [3.63, 3.8) is 0 Å². The second-order valence-electron chi connectivity index (χ2n) is 11.9. The number of aromatic nitrogens is 3. The molecule has 7 rings (SSSR count). The zero-order chi connectivity index (χ0) is 31.3. The lowest BCUT2D eigenvalue weighted by Gasteiger charge is -2.30. The van der Waals surface area contributed by atoms with Gasteiger partial charge < -0.3 is 25.6 Å². The number of rotatable bonds is 12. The van der Waals surface area contributed by atoms with Crippen molar-refractivity contribution >= 4 is 44.1 Å². The maximum Gasteiger partial charge on any atom is 0.251 e. The molecule has 1 atom stereocenters. The Morgan fingerprint density at radius 1 is 1.13 bits per heavy atom. The Bertz CT molecular complexity index is 1940. The van der Waals surface area contributed by atoms with Gasteiger partial charge in [-0.15, -0.1) is 11.3 Å². The van der Waals surface area contributed by atoms with E-state index in [0.29, 0.717) is 52.2 Å². The van der Waals surface area contributed by atoms with E-state index < -0.39 is 11.5 Å². The van der Waals surface area contributed by atoms with Gasteiger partial charge in [0.2, 0.25) is 5.91 Å². The van der Waals surface area contributed by atoms with Crippen LogP contribution in [0.2, 0.25) is 0 Å². The van der Waals surface area contributed by atoms with Gasteiger partial charge >= 0.3 is 0 Å². The Hall–Kier alpha value is -4.48. The van der Waals surface area contributed by atoms with Crippen molar-refractivity contribution in [3.05, 3.63) is 70.9 Å². The van der Waals surface area contributed by atoms with Gasteiger partial charge in [-0.3, -0.25) is 14.3 Å². The standard InChI is InChI=1S/C34H35N5O5S/c1-3-44-32-21(16-29(35)40)15-28(37-31(32)20-5-4-19-10-11-45-27(19)14-20)34(42,24-6-7-24)18-36-33(41)22-12-23-17-39(25-8-9-25)38-30(23)26(13-22)43-2/h4-5,10-15,17,24-25,42H,3,6-9,16,18H2,1-2H3,(H2,35,40)(H,36,41)/t34-/m1/s1. The number of primary amides is 1. The number of fused-ring (bicyclic) bond motifs is 2. The Labute approximate surface area is 264 Å². The van der Waals surface area contributed by atoms with Crippen molar-refractivity contribution in [3.8, 4) is 22.8 Å². The smallest absolute Gasteiger partial charge is 0.251 e. The van der Waals surface area contributed by atoms with Crippen LogP contribution in [0, 0.1) is 5.92 Å². The molecule has 3 aromatic heterocycles. The second-order valence-corrected chi connectivity index (χ2v) is 12.9. The van der Waals surface area contributed by atoms with E-state index in [1.165, 1.54) is 0 Å². The van der Waals surface area contributed by atoms with E-state index in [9.17, 15) is 14.7 Å². The van der Waals surface area contributed by atoms with Crippen LogP contribution in [0.25, 0.3) is 32.2 Å². The summed E-state index contributed by atoms with van der Waals surface area (Å²) in [6.45, 7) is 2.16. The highest BCUT2D eigenvalue weighted by Crippen LogP contribution is 2.47. The number of methoxy groups -OCH3 is 1. The van der Waals surface area contributed by atoms with Crippen molar-refractivity contribution < 1.29 is 24.2 Å². The summed E-state index contributed by atoms with van der Waals surface area (Å²) >= 11 is 1.62. The first-order valence-electron chi connectivity index (χ1n) is 15.3. The quantitative estimate of drug-likeness (QED) is 0.175. The summed E-state index contributed by atoms with van der Waals surface area (Å²) in [6, 6.07) is 13.6. The van der Waals surface area contributed by atoms with E-state index in [1.807, 2.05) is 41.4 Å². The highest BCUT2D eigenvalue weighted by Gasteiger charge is 2.47. The number of nitrogens with one attached hydrogen (secondary N) is 1. The van der Waals surface area contributed by atoms with Crippen molar-refractivity contribution in [1.29, 1.82) is 0 Å². The van der Waals surface area contributed by atoms with Crippen molar-refractivity contribution in [2.75, 3.05) is 20.3 Å². The summed E-state index contributed by atoms with van der Waals surface area (Å²) in [7, 11) is 1.56. The number of nitrogens with two attached hydrogens (primary N) is 1. The maximum absolute atomic E-state index is 13.6. The van der Waals surface area contributed by atoms with Crippen LogP contribution in [0.4, 0.5) is 0 Å². The lowest BCUT2D eigenvalue weighted by atomic mass is 9.90. The third-order valence-electron chi connectivity index (χ3n) is 8.64. The predicted molar refractivity (Wildman–Crippen MR) is 173 cm³/mol. The van der Waals surface area contributed by atoms with Gasteiger partial charge in [0.1, 0.15) is 28.3 Å². The molecule has 4 N–H and O–H groups in total. The number of aliphatic hydroxyl groups is 1. The average molecular weight is 626 g/mol. The molecule has 2 fully saturated rings. The molecule has 0 saturated heterocycles. The molecule has 2 saturated carbocycles. The summed E-state index contributed by atoms with van der Waals surface area (Å²) in [6.07, 6.45) is 5.61. The third-order valence-corrected chi connectivity index (χ3v) is 9.52. The van der Waals surface area contributed by atoms with Crippen molar-refractivity contribution in [1.82, 2.24) is 20.1 Å². The van der Waals surface area contributed by atoms with Crippen LogP contribution < -0.4 is 20.5 Å². The molecule has 10 nitrogen and oxygen atoms in total. The Morgan fingerprint density at radius 3 is 2.67 bits per heavy atom. The molecule has 0 unspecified atom stereocenters. The van der Waals surface area contributed by atoms with E-state index in [2.05, 4.69) is 16.5 Å². The number of amides is 2. The molecule has 5 aromatic rings. The van der Waals surface area contributed by atoms with E-state index >= 15 is 0 Å². The van der Waals surface area contributed by atoms with Gasteiger partial charge in [0.25, 0.3) is 5.91 Å². The fraction of sp³-hybridized carbons (Fsp3) is 0.353. The Morgan fingerprint density at radius 2 is 1.96 bits per heavy atom. The Balaban J connectivity index is 1.25. The van der Waals surface area contributed by atoms with Gasteiger partial charge in [-0.05, 0) is 79.6 Å². The van der Waals surface area contributed by atoms with Crippen LogP contribution in [-0.2, 0) is 16.8 Å². The molecule has 0 bridgehead atoms. The predicted octanol–water partition coefficient (Wildman–Crippen LogP) is 5.11. The summed E-state index contributed by atoms with van der Waals surface area (Å²) in [5.74, 6) is -0.00650. The van der Waals surface area contributed by atoms with Crippen LogP contribution in [0.3, 0.4) is 0 Å². The highest BCUT2D eigenvalue weighted by molar-refractivity contribution is 7.17. The minimum atomic E-state index is -1.49.